The molecule has 0 spiro atoms. The Morgan fingerprint density at radius 2 is 1.58 bits per heavy atom. The minimum Gasteiger partial charge on any atom is -0.348 e. The van der Waals surface area contributed by atoms with Crippen molar-refractivity contribution in [3.63, 3.8) is 0 Å². The third-order valence-corrected chi connectivity index (χ3v) is 5.17. The summed E-state index contributed by atoms with van der Waals surface area (Å²) in [5, 5.41) is 5.74. The lowest BCUT2D eigenvalue weighted by atomic mass is 10.1. The van der Waals surface area contributed by atoms with Crippen LogP contribution >= 0.6 is 0 Å². The summed E-state index contributed by atoms with van der Waals surface area (Å²) in [6, 6.07) is 23.5. The molecular formula is C25H23N3O3. The summed E-state index contributed by atoms with van der Waals surface area (Å²) in [6.07, 6.45) is 1.38. The van der Waals surface area contributed by atoms with Crippen LogP contribution < -0.4 is 15.5 Å². The van der Waals surface area contributed by atoms with Crippen molar-refractivity contribution < 1.29 is 14.4 Å². The van der Waals surface area contributed by atoms with Gasteiger partial charge in [0.2, 0.25) is 5.91 Å². The van der Waals surface area contributed by atoms with E-state index in [0.29, 0.717) is 24.1 Å². The molecule has 2 N–H and O–H groups in total. The van der Waals surface area contributed by atoms with Crippen LogP contribution in [-0.2, 0) is 11.3 Å². The molecule has 3 aromatic rings. The van der Waals surface area contributed by atoms with Gasteiger partial charge >= 0.3 is 0 Å². The highest BCUT2D eigenvalue weighted by Gasteiger charge is 2.22. The van der Waals surface area contributed by atoms with E-state index in [9.17, 15) is 14.4 Å². The number of carbonyl (C=O) groups excluding carboxylic acids is 3. The number of nitrogens with one attached hydrogen (secondary N) is 2. The van der Waals surface area contributed by atoms with Crippen molar-refractivity contribution in [2.75, 3.05) is 16.8 Å². The van der Waals surface area contributed by atoms with Gasteiger partial charge in [0.1, 0.15) is 0 Å². The molecule has 31 heavy (non-hydrogen) atoms. The van der Waals surface area contributed by atoms with Crippen LogP contribution in [0.15, 0.2) is 78.9 Å². The third-order valence-electron chi connectivity index (χ3n) is 5.17. The Hall–Kier alpha value is -3.93. The lowest BCUT2D eigenvalue weighted by Crippen LogP contribution is -2.26. The quantitative estimate of drug-likeness (QED) is 0.641. The van der Waals surface area contributed by atoms with Gasteiger partial charge in [-0.05, 0) is 54.4 Å². The first-order valence-corrected chi connectivity index (χ1v) is 10.2. The topological polar surface area (TPSA) is 78.5 Å². The molecule has 0 bridgehead atoms. The number of amides is 3. The Morgan fingerprint density at radius 3 is 2.32 bits per heavy atom. The number of rotatable bonds is 6. The molecule has 1 aliphatic rings. The zero-order chi connectivity index (χ0) is 21.6. The first kappa shape index (κ1) is 20.3. The fraction of sp³-hybridized carbons (Fsp3) is 0.160. The monoisotopic (exact) mass is 413 g/mol. The van der Waals surface area contributed by atoms with Crippen molar-refractivity contribution in [1.82, 2.24) is 5.32 Å². The minimum atomic E-state index is -0.229. The highest BCUT2D eigenvalue weighted by Crippen LogP contribution is 2.22. The smallest absolute Gasteiger partial charge is 0.255 e. The second-order valence-electron chi connectivity index (χ2n) is 7.40. The molecule has 0 aromatic heterocycles. The van der Waals surface area contributed by atoms with Gasteiger partial charge in [-0.25, -0.2) is 0 Å². The predicted octanol–water partition coefficient (Wildman–Crippen LogP) is 4.00. The number of carbonyl (C=O) groups is 3. The second kappa shape index (κ2) is 9.26. The summed E-state index contributed by atoms with van der Waals surface area (Å²) in [5.74, 6) is -0.349. The van der Waals surface area contributed by atoms with E-state index in [2.05, 4.69) is 10.6 Å². The molecule has 6 heteroatoms. The Kier molecular flexibility index (Phi) is 6.08. The Balaban J connectivity index is 1.39. The van der Waals surface area contributed by atoms with Crippen molar-refractivity contribution in [3.8, 4) is 0 Å². The fourth-order valence-corrected chi connectivity index (χ4v) is 3.57. The van der Waals surface area contributed by atoms with E-state index in [4.69, 9.17) is 0 Å². The largest absolute Gasteiger partial charge is 0.348 e. The molecule has 1 aliphatic heterocycles. The zero-order valence-electron chi connectivity index (χ0n) is 17.0. The summed E-state index contributed by atoms with van der Waals surface area (Å²) in [7, 11) is 0. The molecule has 0 saturated carbocycles. The highest BCUT2D eigenvalue weighted by atomic mass is 16.2. The van der Waals surface area contributed by atoms with Gasteiger partial charge in [0.25, 0.3) is 11.8 Å². The van der Waals surface area contributed by atoms with Crippen LogP contribution in [0.5, 0.6) is 0 Å². The van der Waals surface area contributed by atoms with E-state index in [1.165, 1.54) is 0 Å². The number of benzene rings is 3. The molecular weight excluding hydrogens is 390 g/mol. The molecule has 3 aromatic carbocycles. The van der Waals surface area contributed by atoms with E-state index in [-0.39, 0.29) is 24.3 Å². The van der Waals surface area contributed by atoms with Crippen LogP contribution in [0.4, 0.5) is 11.4 Å². The van der Waals surface area contributed by atoms with Gasteiger partial charge in [-0.3, -0.25) is 14.4 Å². The Labute approximate surface area is 180 Å². The number of anilines is 2. The van der Waals surface area contributed by atoms with E-state index in [0.717, 1.165) is 23.4 Å². The molecule has 156 valence electrons. The maximum Gasteiger partial charge on any atom is 0.255 e. The summed E-state index contributed by atoms with van der Waals surface area (Å²) < 4.78 is 0. The average molecular weight is 413 g/mol. The Bertz CT molecular complexity index is 1110. The fourth-order valence-electron chi connectivity index (χ4n) is 3.57. The molecule has 1 fully saturated rings. The van der Waals surface area contributed by atoms with Gasteiger partial charge in [-0.1, -0.05) is 36.4 Å². The molecule has 3 amide bonds. The van der Waals surface area contributed by atoms with Crippen molar-refractivity contribution in [1.29, 1.82) is 0 Å². The lowest BCUT2D eigenvalue weighted by molar-refractivity contribution is -0.117. The highest BCUT2D eigenvalue weighted by molar-refractivity contribution is 6.04. The van der Waals surface area contributed by atoms with Gasteiger partial charge in [0.15, 0.2) is 0 Å². The van der Waals surface area contributed by atoms with Gasteiger partial charge in [0, 0.05) is 42.0 Å². The van der Waals surface area contributed by atoms with Gasteiger partial charge in [-0.15, -0.1) is 0 Å². The normalized spacial score (nSPS) is 13.2. The van der Waals surface area contributed by atoms with Crippen LogP contribution in [-0.4, -0.2) is 24.3 Å². The number of hydrogen-bond donors (Lipinski definition) is 2. The van der Waals surface area contributed by atoms with Crippen LogP contribution in [0, 0.1) is 0 Å². The van der Waals surface area contributed by atoms with Crippen LogP contribution in [0.25, 0.3) is 0 Å². The minimum absolute atomic E-state index is 0.0863. The Morgan fingerprint density at radius 1 is 0.839 bits per heavy atom. The summed E-state index contributed by atoms with van der Waals surface area (Å²) in [6.45, 7) is 0.972. The molecule has 0 radical (unpaired) electrons. The third kappa shape index (κ3) is 4.98. The lowest BCUT2D eigenvalue weighted by Gasteiger charge is -2.16. The van der Waals surface area contributed by atoms with E-state index >= 15 is 0 Å². The predicted molar refractivity (Wildman–Crippen MR) is 120 cm³/mol. The number of para-hydroxylation sites is 1. The van der Waals surface area contributed by atoms with Crippen LogP contribution in [0.3, 0.4) is 0 Å². The zero-order valence-corrected chi connectivity index (χ0v) is 17.0. The number of hydrogen-bond acceptors (Lipinski definition) is 3. The maximum absolute atomic E-state index is 12.6. The van der Waals surface area contributed by atoms with Crippen molar-refractivity contribution in [2.24, 2.45) is 0 Å². The van der Waals surface area contributed by atoms with Crippen LogP contribution in [0.1, 0.15) is 39.1 Å². The SMILES string of the molecule is O=C(NCc1cccc(C(=O)Nc2ccccc2)c1)c1cccc(N2CCCC2=O)c1. The molecule has 4 rings (SSSR count). The standard InChI is InChI=1S/C25H23N3O3/c29-23-13-6-14-28(23)22-12-5-9-20(16-22)24(30)26-17-18-7-4-8-19(15-18)25(31)27-21-10-2-1-3-11-21/h1-5,7-12,15-16H,6,13-14,17H2,(H,26,30)(H,27,31). The molecule has 0 unspecified atom stereocenters. The molecule has 0 aliphatic carbocycles. The van der Waals surface area contributed by atoms with Gasteiger partial charge in [-0.2, -0.15) is 0 Å². The van der Waals surface area contributed by atoms with Crippen molar-refractivity contribution in [3.05, 3.63) is 95.6 Å². The summed E-state index contributed by atoms with van der Waals surface area (Å²) in [5.41, 5.74) is 3.30. The summed E-state index contributed by atoms with van der Waals surface area (Å²) in [4.78, 5) is 38.8. The first-order chi connectivity index (χ1) is 15.1. The first-order valence-electron chi connectivity index (χ1n) is 10.2. The van der Waals surface area contributed by atoms with Crippen molar-refractivity contribution in [2.45, 2.75) is 19.4 Å². The van der Waals surface area contributed by atoms with Gasteiger partial charge < -0.3 is 15.5 Å². The summed E-state index contributed by atoms with van der Waals surface area (Å²) >= 11 is 0. The van der Waals surface area contributed by atoms with E-state index in [1.54, 1.807) is 41.3 Å². The molecule has 1 heterocycles. The number of nitrogens with zero attached hydrogens (tertiary/aromatic N) is 1. The van der Waals surface area contributed by atoms with Crippen molar-refractivity contribution >= 4 is 29.1 Å². The maximum atomic E-state index is 12.6. The van der Waals surface area contributed by atoms with Gasteiger partial charge in [0.05, 0.1) is 0 Å². The molecule has 1 saturated heterocycles. The second-order valence-corrected chi connectivity index (χ2v) is 7.40. The van der Waals surface area contributed by atoms with Crippen LogP contribution in [0.2, 0.25) is 0 Å². The average Bonchev–Trinajstić information content (AvgIpc) is 3.24. The molecule has 0 atom stereocenters. The van der Waals surface area contributed by atoms with E-state index in [1.807, 2.05) is 42.5 Å². The van der Waals surface area contributed by atoms with E-state index < -0.39 is 0 Å². The molecule has 6 nitrogen and oxygen atoms in total.